The van der Waals surface area contributed by atoms with Crippen molar-refractivity contribution < 1.29 is 12.8 Å². The lowest BCUT2D eigenvalue weighted by Gasteiger charge is -2.34. The smallest absolute Gasteiger partial charge is 0.246 e. The summed E-state index contributed by atoms with van der Waals surface area (Å²) in [5.74, 6) is -0.707. The van der Waals surface area contributed by atoms with Crippen LogP contribution in [0.5, 0.6) is 0 Å². The van der Waals surface area contributed by atoms with E-state index in [0.717, 1.165) is 6.07 Å². The van der Waals surface area contributed by atoms with Gasteiger partial charge >= 0.3 is 0 Å². The summed E-state index contributed by atoms with van der Waals surface area (Å²) in [7, 11) is -2.23. The molecule has 1 fully saturated rings. The Labute approximate surface area is 106 Å². The van der Waals surface area contributed by atoms with Gasteiger partial charge in [0.15, 0.2) is 0 Å². The monoisotopic (exact) mass is 280 g/mol. The number of sulfonamides is 1. The summed E-state index contributed by atoms with van der Waals surface area (Å²) in [5, 5.41) is 2.98. The van der Waals surface area contributed by atoms with Crippen molar-refractivity contribution in [2.75, 3.05) is 20.1 Å². The fourth-order valence-corrected chi connectivity index (χ4v) is 2.95. The second-order valence-corrected chi connectivity index (χ2v) is 5.73. The maximum Gasteiger partial charge on any atom is 0.246 e. The van der Waals surface area contributed by atoms with Crippen LogP contribution in [0.15, 0.2) is 29.2 Å². The van der Waals surface area contributed by atoms with Crippen LogP contribution in [0.2, 0.25) is 0 Å². The van der Waals surface area contributed by atoms with Crippen LogP contribution in [0.1, 0.15) is 0 Å². The Kier molecular flexibility index (Phi) is 4.48. The van der Waals surface area contributed by atoms with E-state index in [1.807, 2.05) is 0 Å². The SMILES string of the molecule is CN(C1CNC1)S(=O)(=O)c1ccccc1F.Cl. The normalized spacial score (nSPS) is 16.4. The van der Waals surface area contributed by atoms with E-state index in [2.05, 4.69) is 5.32 Å². The molecule has 0 atom stereocenters. The molecule has 1 heterocycles. The largest absolute Gasteiger partial charge is 0.313 e. The van der Waals surface area contributed by atoms with Gasteiger partial charge in [-0.1, -0.05) is 12.1 Å². The molecular formula is C10H14ClFN2O2S. The minimum Gasteiger partial charge on any atom is -0.313 e. The van der Waals surface area contributed by atoms with Gasteiger partial charge in [0.25, 0.3) is 0 Å². The van der Waals surface area contributed by atoms with Crippen LogP contribution < -0.4 is 5.32 Å². The Morgan fingerprint density at radius 1 is 1.35 bits per heavy atom. The summed E-state index contributed by atoms with van der Waals surface area (Å²) in [6.07, 6.45) is 0. The van der Waals surface area contributed by atoms with E-state index in [9.17, 15) is 12.8 Å². The molecule has 0 bridgehead atoms. The van der Waals surface area contributed by atoms with Crippen LogP contribution in [0.3, 0.4) is 0 Å². The Morgan fingerprint density at radius 3 is 2.41 bits per heavy atom. The van der Waals surface area contributed by atoms with E-state index in [1.54, 1.807) is 0 Å². The van der Waals surface area contributed by atoms with Crippen molar-refractivity contribution in [1.82, 2.24) is 9.62 Å². The van der Waals surface area contributed by atoms with Crippen molar-refractivity contribution >= 4 is 22.4 Å². The van der Waals surface area contributed by atoms with Gasteiger partial charge in [0.2, 0.25) is 10.0 Å². The molecule has 1 aromatic carbocycles. The zero-order chi connectivity index (χ0) is 11.8. The van der Waals surface area contributed by atoms with E-state index < -0.39 is 15.8 Å². The first-order valence-corrected chi connectivity index (χ1v) is 6.41. The van der Waals surface area contributed by atoms with Crippen LogP contribution in [0.4, 0.5) is 4.39 Å². The van der Waals surface area contributed by atoms with E-state index in [-0.39, 0.29) is 23.3 Å². The second kappa shape index (κ2) is 5.30. The van der Waals surface area contributed by atoms with Crippen molar-refractivity contribution in [3.05, 3.63) is 30.1 Å². The molecule has 4 nitrogen and oxygen atoms in total. The minimum absolute atomic E-state index is 0. The number of benzene rings is 1. The molecule has 0 amide bonds. The van der Waals surface area contributed by atoms with Crippen molar-refractivity contribution in [1.29, 1.82) is 0 Å². The standard InChI is InChI=1S/C10H13FN2O2S.ClH/c1-13(8-6-12-7-8)16(14,15)10-5-3-2-4-9(10)11;/h2-5,8,12H,6-7H2,1H3;1H. The number of nitrogens with zero attached hydrogens (tertiary/aromatic N) is 1. The number of nitrogens with one attached hydrogen (secondary N) is 1. The van der Waals surface area contributed by atoms with Crippen LogP contribution >= 0.6 is 12.4 Å². The highest BCUT2D eigenvalue weighted by molar-refractivity contribution is 7.89. The lowest BCUT2D eigenvalue weighted by molar-refractivity contribution is 0.273. The molecule has 0 aromatic heterocycles. The molecule has 1 aliphatic rings. The molecular weight excluding hydrogens is 267 g/mol. The topological polar surface area (TPSA) is 49.4 Å². The molecule has 1 N–H and O–H groups in total. The maximum absolute atomic E-state index is 13.4. The zero-order valence-electron chi connectivity index (χ0n) is 9.26. The molecule has 0 unspecified atom stereocenters. The van der Waals surface area contributed by atoms with Crippen molar-refractivity contribution in [2.24, 2.45) is 0 Å². The number of halogens is 2. The molecule has 1 aromatic rings. The number of hydrogen-bond acceptors (Lipinski definition) is 3. The van der Waals surface area contributed by atoms with Gasteiger partial charge in [0.05, 0.1) is 0 Å². The average Bonchev–Trinajstić information content (AvgIpc) is 2.15. The fourth-order valence-electron chi connectivity index (χ4n) is 1.54. The molecule has 0 saturated carbocycles. The summed E-state index contributed by atoms with van der Waals surface area (Å²) in [6.45, 7) is 1.23. The van der Waals surface area contributed by atoms with Crippen LogP contribution in [-0.4, -0.2) is 38.9 Å². The lowest BCUT2D eigenvalue weighted by atomic mass is 10.2. The van der Waals surface area contributed by atoms with Gasteiger partial charge in [-0.2, -0.15) is 4.31 Å². The van der Waals surface area contributed by atoms with Crippen molar-refractivity contribution in [2.45, 2.75) is 10.9 Å². The van der Waals surface area contributed by atoms with Crippen LogP contribution in [-0.2, 0) is 10.0 Å². The Bertz CT molecular complexity index is 491. The summed E-state index contributed by atoms with van der Waals surface area (Å²) in [5.41, 5.74) is 0. The highest BCUT2D eigenvalue weighted by Crippen LogP contribution is 2.20. The first kappa shape index (κ1) is 14.4. The highest BCUT2D eigenvalue weighted by Gasteiger charge is 2.32. The quantitative estimate of drug-likeness (QED) is 0.893. The van der Waals surface area contributed by atoms with E-state index in [0.29, 0.717) is 13.1 Å². The molecule has 2 rings (SSSR count). The third kappa shape index (κ3) is 2.60. The third-order valence-electron chi connectivity index (χ3n) is 2.77. The molecule has 96 valence electrons. The Morgan fingerprint density at radius 2 is 1.94 bits per heavy atom. The number of likely N-dealkylation sites (N-methyl/N-ethyl adjacent to an activating group) is 1. The average molecular weight is 281 g/mol. The summed E-state index contributed by atoms with van der Waals surface area (Å²) < 4.78 is 38.7. The van der Waals surface area contributed by atoms with E-state index in [1.165, 1.54) is 29.6 Å². The minimum atomic E-state index is -3.71. The second-order valence-electron chi connectivity index (χ2n) is 3.76. The Balaban J connectivity index is 0.00000144. The predicted molar refractivity (Wildman–Crippen MR) is 65.3 cm³/mol. The van der Waals surface area contributed by atoms with Gasteiger partial charge in [-0.15, -0.1) is 12.4 Å². The molecule has 0 radical (unpaired) electrons. The summed E-state index contributed by atoms with van der Waals surface area (Å²) >= 11 is 0. The first-order valence-electron chi connectivity index (χ1n) is 4.97. The number of hydrogen-bond donors (Lipinski definition) is 1. The predicted octanol–water partition coefficient (Wildman–Crippen LogP) is 0.840. The molecule has 17 heavy (non-hydrogen) atoms. The molecule has 1 aliphatic heterocycles. The molecule has 0 aliphatic carbocycles. The number of rotatable bonds is 3. The summed E-state index contributed by atoms with van der Waals surface area (Å²) in [4.78, 5) is -0.260. The van der Waals surface area contributed by atoms with Gasteiger partial charge in [0.1, 0.15) is 10.7 Å². The van der Waals surface area contributed by atoms with Gasteiger partial charge in [0, 0.05) is 26.2 Å². The molecule has 0 spiro atoms. The molecule has 7 heteroatoms. The van der Waals surface area contributed by atoms with Gasteiger partial charge in [-0.3, -0.25) is 0 Å². The van der Waals surface area contributed by atoms with E-state index >= 15 is 0 Å². The summed E-state index contributed by atoms with van der Waals surface area (Å²) in [6, 6.07) is 5.35. The zero-order valence-corrected chi connectivity index (χ0v) is 10.9. The van der Waals surface area contributed by atoms with Crippen LogP contribution in [0.25, 0.3) is 0 Å². The highest BCUT2D eigenvalue weighted by atomic mass is 35.5. The lowest BCUT2D eigenvalue weighted by Crippen LogP contribution is -2.57. The van der Waals surface area contributed by atoms with Gasteiger partial charge in [-0.25, -0.2) is 12.8 Å². The van der Waals surface area contributed by atoms with Gasteiger partial charge < -0.3 is 5.32 Å². The van der Waals surface area contributed by atoms with Gasteiger partial charge in [-0.05, 0) is 12.1 Å². The maximum atomic E-state index is 13.4. The van der Waals surface area contributed by atoms with Crippen molar-refractivity contribution in [3.8, 4) is 0 Å². The van der Waals surface area contributed by atoms with Crippen molar-refractivity contribution in [3.63, 3.8) is 0 Å². The fraction of sp³-hybridized carbons (Fsp3) is 0.400. The Hall–Kier alpha value is -0.690. The van der Waals surface area contributed by atoms with E-state index in [4.69, 9.17) is 0 Å². The third-order valence-corrected chi connectivity index (χ3v) is 4.71. The molecule has 1 saturated heterocycles. The van der Waals surface area contributed by atoms with Crippen LogP contribution in [0, 0.1) is 5.82 Å². The first-order chi connectivity index (χ1) is 7.53.